The monoisotopic (exact) mass is 262 g/mol. The normalized spacial score (nSPS) is 16.8. The molecule has 0 unspecified atom stereocenters. The lowest BCUT2D eigenvalue weighted by molar-refractivity contribution is -0.150. The number of rotatable bonds is 5. The second kappa shape index (κ2) is 5.03. The van der Waals surface area contributed by atoms with E-state index in [2.05, 4.69) is 0 Å². The predicted octanol–water partition coefficient (Wildman–Crippen LogP) is 2.91. The van der Waals surface area contributed by atoms with E-state index in [1.807, 2.05) is 13.8 Å². The highest BCUT2D eigenvalue weighted by molar-refractivity contribution is 6.12. The zero-order chi connectivity index (χ0) is 14.0. The molecular weight excluding hydrogens is 244 g/mol. The molecule has 1 fully saturated rings. The van der Waals surface area contributed by atoms with Gasteiger partial charge in [-0.25, -0.2) is 0 Å². The minimum atomic E-state index is -1.19. The molecular formula is C15H18O4. The molecule has 2 rings (SSSR count). The van der Waals surface area contributed by atoms with Gasteiger partial charge in [-0.05, 0) is 51.0 Å². The standard InChI is InChI=1S/C15H18O4/c1-10(2)19-12-6-4-11(5-7-12)13(16)15(14(17)18)8-3-9-15/h4-7,10H,3,8-9H2,1-2H3,(H,17,18). The number of carboxylic acids is 1. The Balaban J connectivity index is 2.18. The number of carbonyl (C=O) groups excluding carboxylic acids is 1. The van der Waals surface area contributed by atoms with Gasteiger partial charge in [-0.1, -0.05) is 6.42 Å². The molecule has 0 amide bonds. The number of ketones is 1. The van der Waals surface area contributed by atoms with Gasteiger partial charge in [0.25, 0.3) is 0 Å². The van der Waals surface area contributed by atoms with Crippen molar-refractivity contribution in [1.29, 1.82) is 0 Å². The number of aliphatic carboxylic acids is 1. The third kappa shape index (κ3) is 2.48. The van der Waals surface area contributed by atoms with Crippen molar-refractivity contribution in [2.24, 2.45) is 5.41 Å². The van der Waals surface area contributed by atoms with Crippen molar-refractivity contribution in [2.45, 2.75) is 39.2 Å². The van der Waals surface area contributed by atoms with Crippen LogP contribution in [0.1, 0.15) is 43.5 Å². The van der Waals surface area contributed by atoms with E-state index >= 15 is 0 Å². The van der Waals surface area contributed by atoms with Crippen LogP contribution in [0.3, 0.4) is 0 Å². The first-order valence-electron chi connectivity index (χ1n) is 6.50. The van der Waals surface area contributed by atoms with E-state index < -0.39 is 11.4 Å². The summed E-state index contributed by atoms with van der Waals surface area (Å²) in [4.78, 5) is 23.6. The van der Waals surface area contributed by atoms with Crippen LogP contribution >= 0.6 is 0 Å². The van der Waals surface area contributed by atoms with Crippen LogP contribution in [0.25, 0.3) is 0 Å². The topological polar surface area (TPSA) is 63.6 Å². The summed E-state index contributed by atoms with van der Waals surface area (Å²) in [5.41, 5.74) is -0.751. The van der Waals surface area contributed by atoms with Crippen molar-refractivity contribution in [3.05, 3.63) is 29.8 Å². The lowest BCUT2D eigenvalue weighted by atomic mass is 9.64. The first kappa shape index (κ1) is 13.6. The zero-order valence-corrected chi connectivity index (χ0v) is 11.2. The summed E-state index contributed by atoms with van der Waals surface area (Å²) in [7, 11) is 0. The highest BCUT2D eigenvalue weighted by Crippen LogP contribution is 2.44. The summed E-state index contributed by atoms with van der Waals surface area (Å²) in [6.07, 6.45) is 1.74. The SMILES string of the molecule is CC(C)Oc1ccc(C(=O)C2(C(=O)O)CCC2)cc1. The molecule has 1 aliphatic carbocycles. The quantitative estimate of drug-likeness (QED) is 0.654. The molecule has 0 radical (unpaired) electrons. The Morgan fingerprint density at radius 2 is 1.79 bits per heavy atom. The molecule has 1 saturated carbocycles. The predicted molar refractivity (Wildman–Crippen MR) is 70.5 cm³/mol. The van der Waals surface area contributed by atoms with Gasteiger partial charge in [0.05, 0.1) is 6.10 Å². The molecule has 0 bridgehead atoms. The maximum absolute atomic E-state index is 12.3. The van der Waals surface area contributed by atoms with Crippen molar-refractivity contribution in [2.75, 3.05) is 0 Å². The van der Waals surface area contributed by atoms with E-state index in [1.165, 1.54) is 0 Å². The van der Waals surface area contributed by atoms with Gasteiger partial charge in [-0.3, -0.25) is 9.59 Å². The maximum atomic E-state index is 12.3. The van der Waals surface area contributed by atoms with Crippen molar-refractivity contribution in [3.63, 3.8) is 0 Å². The fourth-order valence-electron chi connectivity index (χ4n) is 2.30. The maximum Gasteiger partial charge on any atom is 0.317 e. The van der Waals surface area contributed by atoms with Crippen molar-refractivity contribution < 1.29 is 19.4 Å². The molecule has 0 atom stereocenters. The van der Waals surface area contributed by atoms with Crippen LogP contribution in [0.5, 0.6) is 5.75 Å². The molecule has 1 N–H and O–H groups in total. The van der Waals surface area contributed by atoms with E-state index in [0.29, 0.717) is 24.2 Å². The molecule has 102 valence electrons. The molecule has 0 heterocycles. The number of hydrogen-bond donors (Lipinski definition) is 1. The van der Waals surface area contributed by atoms with Gasteiger partial charge < -0.3 is 9.84 Å². The molecule has 19 heavy (non-hydrogen) atoms. The Labute approximate surface area is 112 Å². The number of benzene rings is 1. The Morgan fingerprint density at radius 3 is 2.16 bits per heavy atom. The Hall–Kier alpha value is -1.84. The third-order valence-electron chi connectivity index (χ3n) is 3.54. The van der Waals surface area contributed by atoms with E-state index in [-0.39, 0.29) is 11.9 Å². The first-order chi connectivity index (χ1) is 8.95. The summed E-state index contributed by atoms with van der Waals surface area (Å²) < 4.78 is 5.49. The van der Waals surface area contributed by atoms with Crippen LogP contribution in [0.4, 0.5) is 0 Å². The molecule has 0 saturated heterocycles. The zero-order valence-electron chi connectivity index (χ0n) is 11.2. The molecule has 1 aromatic rings. The second-order valence-corrected chi connectivity index (χ2v) is 5.26. The van der Waals surface area contributed by atoms with Gasteiger partial charge in [-0.15, -0.1) is 0 Å². The summed E-state index contributed by atoms with van der Waals surface area (Å²) in [5, 5.41) is 9.24. The van der Waals surface area contributed by atoms with Crippen molar-refractivity contribution in [3.8, 4) is 5.75 Å². The largest absolute Gasteiger partial charge is 0.491 e. The van der Waals surface area contributed by atoms with Gasteiger partial charge in [-0.2, -0.15) is 0 Å². The van der Waals surface area contributed by atoms with Gasteiger partial charge >= 0.3 is 5.97 Å². The number of carboxylic acid groups (broad SMARTS) is 1. The molecule has 1 aliphatic rings. The highest BCUT2D eigenvalue weighted by atomic mass is 16.5. The van der Waals surface area contributed by atoms with Crippen LogP contribution in [0.15, 0.2) is 24.3 Å². The van der Waals surface area contributed by atoms with E-state index in [0.717, 1.165) is 6.42 Å². The molecule has 4 nitrogen and oxygen atoms in total. The fourth-order valence-corrected chi connectivity index (χ4v) is 2.30. The summed E-state index contributed by atoms with van der Waals surface area (Å²) in [6, 6.07) is 6.70. The summed E-state index contributed by atoms with van der Waals surface area (Å²) >= 11 is 0. The van der Waals surface area contributed by atoms with Gasteiger partial charge in [0, 0.05) is 5.56 Å². The molecule has 0 aromatic heterocycles. The first-order valence-corrected chi connectivity index (χ1v) is 6.50. The number of carbonyl (C=O) groups is 2. The van der Waals surface area contributed by atoms with E-state index in [9.17, 15) is 14.7 Å². The Kier molecular flexibility index (Phi) is 3.60. The molecule has 0 aliphatic heterocycles. The van der Waals surface area contributed by atoms with Crippen LogP contribution < -0.4 is 4.74 Å². The average Bonchev–Trinajstić information content (AvgIpc) is 2.26. The third-order valence-corrected chi connectivity index (χ3v) is 3.54. The molecule has 1 aromatic carbocycles. The fraction of sp³-hybridized carbons (Fsp3) is 0.467. The van der Waals surface area contributed by atoms with Crippen LogP contribution in [0, 0.1) is 5.41 Å². The number of ether oxygens (including phenoxy) is 1. The van der Waals surface area contributed by atoms with Crippen molar-refractivity contribution in [1.82, 2.24) is 0 Å². The Bertz CT molecular complexity index is 483. The van der Waals surface area contributed by atoms with Gasteiger partial charge in [0.15, 0.2) is 5.78 Å². The second-order valence-electron chi connectivity index (χ2n) is 5.26. The van der Waals surface area contributed by atoms with Gasteiger partial charge in [0.2, 0.25) is 0 Å². The minimum absolute atomic E-state index is 0.0681. The van der Waals surface area contributed by atoms with E-state index in [4.69, 9.17) is 4.74 Å². The van der Waals surface area contributed by atoms with Gasteiger partial charge in [0.1, 0.15) is 11.2 Å². The minimum Gasteiger partial charge on any atom is -0.491 e. The average molecular weight is 262 g/mol. The summed E-state index contributed by atoms with van der Waals surface area (Å²) in [6.45, 7) is 3.85. The van der Waals surface area contributed by atoms with Crippen LogP contribution in [-0.4, -0.2) is 23.0 Å². The van der Waals surface area contributed by atoms with Crippen LogP contribution in [-0.2, 0) is 4.79 Å². The molecule has 4 heteroatoms. The van der Waals surface area contributed by atoms with E-state index in [1.54, 1.807) is 24.3 Å². The number of hydrogen-bond acceptors (Lipinski definition) is 3. The smallest absolute Gasteiger partial charge is 0.317 e. The summed E-state index contributed by atoms with van der Waals surface area (Å²) in [5.74, 6) is -0.613. The Morgan fingerprint density at radius 1 is 1.21 bits per heavy atom. The van der Waals surface area contributed by atoms with Crippen LogP contribution in [0.2, 0.25) is 0 Å². The highest BCUT2D eigenvalue weighted by Gasteiger charge is 2.51. The van der Waals surface area contributed by atoms with Crippen molar-refractivity contribution >= 4 is 11.8 Å². The molecule has 0 spiro atoms. The lowest BCUT2D eigenvalue weighted by Crippen LogP contribution is -2.45. The number of Topliss-reactive ketones (excluding diaryl/α,β-unsaturated/α-hetero) is 1. The lowest BCUT2D eigenvalue weighted by Gasteiger charge is -2.35.